The number of carbonyl (C=O) groups excluding carboxylic acids is 2. The van der Waals surface area contributed by atoms with E-state index in [1.54, 1.807) is 31.4 Å². The molecule has 3 atom stereocenters. The third-order valence-corrected chi connectivity index (χ3v) is 7.57. The van der Waals surface area contributed by atoms with Crippen LogP contribution >= 0.6 is 0 Å². The van der Waals surface area contributed by atoms with Crippen LogP contribution in [0.15, 0.2) is 30.3 Å². The third kappa shape index (κ3) is 13.6. The average molecular weight is 532 g/mol. The van der Waals surface area contributed by atoms with Crippen LogP contribution in [0, 0.1) is 0 Å². The number of nitrogens with one attached hydrogen (secondary N) is 1. The molecule has 0 radical (unpaired) electrons. The lowest BCUT2D eigenvalue weighted by atomic mass is 10.0. The van der Waals surface area contributed by atoms with Crippen molar-refractivity contribution < 1.29 is 23.8 Å². The number of amides is 1. The van der Waals surface area contributed by atoms with Crippen molar-refractivity contribution in [3.8, 4) is 0 Å². The molecular formula is C32H53NO5. The molecule has 1 fully saturated rings. The fourth-order valence-corrected chi connectivity index (χ4v) is 5.27. The van der Waals surface area contributed by atoms with Crippen molar-refractivity contribution >= 4 is 12.1 Å². The van der Waals surface area contributed by atoms with E-state index in [2.05, 4.69) is 12.2 Å². The van der Waals surface area contributed by atoms with Gasteiger partial charge in [-0.3, -0.25) is 0 Å². The van der Waals surface area contributed by atoms with Crippen LogP contribution < -0.4 is 5.32 Å². The summed E-state index contributed by atoms with van der Waals surface area (Å²) < 4.78 is 16.8. The summed E-state index contributed by atoms with van der Waals surface area (Å²) in [5, 5.41) is 2.86. The molecule has 1 amide bonds. The Morgan fingerprint density at radius 2 is 1.18 bits per heavy atom. The van der Waals surface area contributed by atoms with E-state index >= 15 is 0 Å². The molecular weight excluding hydrogens is 478 g/mol. The fourth-order valence-electron chi connectivity index (χ4n) is 5.27. The van der Waals surface area contributed by atoms with Crippen molar-refractivity contribution in [1.82, 2.24) is 5.32 Å². The predicted molar refractivity (Wildman–Crippen MR) is 153 cm³/mol. The molecule has 0 bridgehead atoms. The van der Waals surface area contributed by atoms with Crippen LogP contribution in [0.25, 0.3) is 0 Å². The van der Waals surface area contributed by atoms with Crippen molar-refractivity contribution in [2.45, 2.75) is 141 Å². The summed E-state index contributed by atoms with van der Waals surface area (Å²) >= 11 is 0. The maximum absolute atomic E-state index is 12.4. The first-order valence-corrected chi connectivity index (χ1v) is 15.4. The molecule has 1 N–H and O–H groups in total. The van der Waals surface area contributed by atoms with Crippen molar-refractivity contribution in [2.75, 3.05) is 13.7 Å². The number of alkyl carbamates (subject to hydrolysis) is 1. The Bertz CT molecular complexity index is 741. The van der Waals surface area contributed by atoms with Gasteiger partial charge >= 0.3 is 12.1 Å². The fraction of sp³-hybridized carbons (Fsp3) is 0.750. The Hall–Kier alpha value is -2.08. The number of methoxy groups -OCH3 is 1. The minimum absolute atomic E-state index is 0.383. The van der Waals surface area contributed by atoms with Crippen LogP contribution in [0.5, 0.6) is 0 Å². The molecule has 1 aromatic carbocycles. The largest absolute Gasteiger partial charge is 0.456 e. The Morgan fingerprint density at radius 3 is 1.68 bits per heavy atom. The highest BCUT2D eigenvalue weighted by molar-refractivity contribution is 5.89. The number of hydrogen-bond donors (Lipinski definition) is 1. The Morgan fingerprint density at radius 1 is 0.711 bits per heavy atom. The molecule has 6 heteroatoms. The predicted octanol–water partition coefficient (Wildman–Crippen LogP) is 8.38. The van der Waals surface area contributed by atoms with Crippen molar-refractivity contribution in [3.63, 3.8) is 0 Å². The molecule has 0 unspecified atom stereocenters. The molecule has 1 aliphatic carbocycles. The maximum Gasteiger partial charge on any atom is 0.407 e. The van der Waals surface area contributed by atoms with Gasteiger partial charge in [-0.2, -0.15) is 0 Å². The van der Waals surface area contributed by atoms with Gasteiger partial charge in [0, 0.05) is 13.7 Å². The summed E-state index contributed by atoms with van der Waals surface area (Å²) in [7, 11) is 1.56. The molecule has 2 rings (SSSR count). The number of benzene rings is 1. The van der Waals surface area contributed by atoms with Gasteiger partial charge in [-0.05, 0) is 31.4 Å². The minimum atomic E-state index is -0.455. The zero-order valence-corrected chi connectivity index (χ0v) is 24.1. The summed E-state index contributed by atoms with van der Waals surface area (Å²) in [5.74, 6) is -0.383. The first-order chi connectivity index (χ1) is 18.7. The van der Waals surface area contributed by atoms with Gasteiger partial charge in [0.05, 0.1) is 5.56 Å². The van der Waals surface area contributed by atoms with Gasteiger partial charge in [0.15, 0.2) is 0 Å². The average Bonchev–Trinajstić information content (AvgIpc) is 3.31. The normalized spacial score (nSPS) is 18.8. The van der Waals surface area contributed by atoms with Gasteiger partial charge in [0.1, 0.15) is 18.3 Å². The summed E-state index contributed by atoms with van der Waals surface area (Å²) in [5.41, 5.74) is 0.503. The second-order valence-corrected chi connectivity index (χ2v) is 10.8. The number of carbonyl (C=O) groups is 2. The van der Waals surface area contributed by atoms with E-state index in [1.165, 1.54) is 89.9 Å². The lowest BCUT2D eigenvalue weighted by Gasteiger charge is -2.23. The van der Waals surface area contributed by atoms with E-state index in [0.29, 0.717) is 24.9 Å². The highest BCUT2D eigenvalue weighted by Crippen LogP contribution is 2.28. The standard InChI is InChI=1S/C32H53NO5/c1-3-4-5-6-7-8-9-10-11-12-13-14-15-16-17-21-26-33-32(35)38-29-25-24-28(30(29)36-2)37-31(34)27-22-19-18-20-23-27/h18-20,22-23,28-30H,3-17,21,24-26H2,1-2H3,(H,33,35)/t28-,29-,30-/m1/s1. The number of esters is 1. The topological polar surface area (TPSA) is 73.9 Å². The van der Waals surface area contributed by atoms with E-state index in [4.69, 9.17) is 14.2 Å². The van der Waals surface area contributed by atoms with Gasteiger partial charge in [0.25, 0.3) is 0 Å². The summed E-state index contributed by atoms with van der Waals surface area (Å²) in [6.45, 7) is 2.89. The molecule has 0 heterocycles. The van der Waals surface area contributed by atoms with Gasteiger partial charge in [-0.15, -0.1) is 0 Å². The quantitative estimate of drug-likeness (QED) is 0.127. The first kappa shape index (κ1) is 32.1. The third-order valence-electron chi connectivity index (χ3n) is 7.57. The van der Waals surface area contributed by atoms with E-state index in [1.807, 2.05) is 6.07 Å². The molecule has 6 nitrogen and oxygen atoms in total. The van der Waals surface area contributed by atoms with Crippen LogP contribution in [0.2, 0.25) is 0 Å². The first-order valence-electron chi connectivity index (χ1n) is 15.4. The SMILES string of the molecule is CCCCCCCCCCCCCCCCCCNC(=O)O[C@@H]1CC[C@@H](OC(=O)c2ccccc2)[C@H]1OC. The lowest BCUT2D eigenvalue weighted by molar-refractivity contribution is -0.0603. The molecule has 38 heavy (non-hydrogen) atoms. The second kappa shape index (κ2) is 20.8. The zero-order chi connectivity index (χ0) is 27.3. The summed E-state index contributed by atoms with van der Waals surface area (Å²) in [6.07, 6.45) is 20.8. The van der Waals surface area contributed by atoms with Crippen LogP contribution in [-0.4, -0.2) is 44.0 Å². The molecule has 1 aromatic rings. The van der Waals surface area contributed by atoms with Gasteiger partial charge in [-0.1, -0.05) is 121 Å². The maximum atomic E-state index is 12.4. The molecule has 0 saturated heterocycles. The van der Waals surface area contributed by atoms with Gasteiger partial charge < -0.3 is 19.5 Å². The van der Waals surface area contributed by atoms with E-state index in [-0.39, 0.29) is 5.97 Å². The Balaban J connectivity index is 1.42. The summed E-state index contributed by atoms with van der Waals surface area (Å²) in [6, 6.07) is 8.90. The number of ether oxygens (including phenoxy) is 3. The monoisotopic (exact) mass is 531 g/mol. The number of rotatable bonds is 21. The molecule has 216 valence electrons. The smallest absolute Gasteiger partial charge is 0.407 e. The molecule has 0 aromatic heterocycles. The zero-order valence-electron chi connectivity index (χ0n) is 24.1. The second-order valence-electron chi connectivity index (χ2n) is 10.8. The molecule has 0 aliphatic heterocycles. The van der Waals surface area contributed by atoms with E-state index in [0.717, 1.165) is 12.8 Å². The molecule has 1 aliphatic rings. The number of unbranched alkanes of at least 4 members (excludes halogenated alkanes) is 15. The van der Waals surface area contributed by atoms with Crippen molar-refractivity contribution in [2.24, 2.45) is 0 Å². The minimum Gasteiger partial charge on any atom is -0.456 e. The highest BCUT2D eigenvalue weighted by Gasteiger charge is 2.41. The summed E-state index contributed by atoms with van der Waals surface area (Å²) in [4.78, 5) is 24.7. The number of hydrogen-bond acceptors (Lipinski definition) is 5. The molecule has 1 saturated carbocycles. The van der Waals surface area contributed by atoms with Crippen LogP contribution in [-0.2, 0) is 14.2 Å². The van der Waals surface area contributed by atoms with Gasteiger partial charge in [-0.25, -0.2) is 9.59 Å². The van der Waals surface area contributed by atoms with Crippen LogP contribution in [0.3, 0.4) is 0 Å². The van der Waals surface area contributed by atoms with Crippen molar-refractivity contribution in [3.05, 3.63) is 35.9 Å². The Labute approximate surface area is 231 Å². The van der Waals surface area contributed by atoms with Crippen LogP contribution in [0.4, 0.5) is 4.79 Å². The highest BCUT2D eigenvalue weighted by atomic mass is 16.6. The van der Waals surface area contributed by atoms with E-state index in [9.17, 15) is 9.59 Å². The van der Waals surface area contributed by atoms with Crippen molar-refractivity contribution in [1.29, 1.82) is 0 Å². The Kier molecular flexibility index (Phi) is 17.6. The van der Waals surface area contributed by atoms with Crippen LogP contribution in [0.1, 0.15) is 133 Å². The van der Waals surface area contributed by atoms with E-state index < -0.39 is 24.4 Å². The molecule has 0 spiro atoms. The van der Waals surface area contributed by atoms with Gasteiger partial charge in [0.2, 0.25) is 0 Å². The lowest BCUT2D eigenvalue weighted by Crippen LogP contribution is -2.39.